The van der Waals surface area contributed by atoms with Gasteiger partial charge < -0.3 is 0 Å². The van der Waals surface area contributed by atoms with E-state index in [-0.39, 0.29) is 10.6 Å². The summed E-state index contributed by atoms with van der Waals surface area (Å²) in [6.45, 7) is 0. The molecule has 0 unspecified atom stereocenters. The molecule has 0 amide bonds. The molecule has 28 heavy (non-hydrogen) atoms. The van der Waals surface area contributed by atoms with Gasteiger partial charge in [0.2, 0.25) is 11.6 Å². The Morgan fingerprint density at radius 2 is 0.964 bits per heavy atom. The first-order valence-electron chi connectivity index (χ1n) is 8.68. The minimum absolute atomic E-state index is 0.135. The SMILES string of the molecule is O=C1C(=O)C(c2ccccc2Cl)=C(Cl)C(c2ccccc2)=C1c1ccccc1. The van der Waals surface area contributed by atoms with Crippen molar-refractivity contribution in [3.05, 3.63) is 112 Å². The molecule has 0 bridgehead atoms. The maximum Gasteiger partial charge on any atom is 0.235 e. The van der Waals surface area contributed by atoms with Gasteiger partial charge in [-0.1, -0.05) is 102 Å². The third-order valence-electron chi connectivity index (χ3n) is 4.62. The molecule has 0 saturated carbocycles. The van der Waals surface area contributed by atoms with Crippen molar-refractivity contribution >= 4 is 51.5 Å². The van der Waals surface area contributed by atoms with Gasteiger partial charge in [-0.25, -0.2) is 0 Å². The lowest BCUT2D eigenvalue weighted by atomic mass is 9.81. The number of carbonyl (C=O) groups is 2. The molecule has 2 nitrogen and oxygen atoms in total. The van der Waals surface area contributed by atoms with Crippen molar-refractivity contribution in [1.29, 1.82) is 0 Å². The van der Waals surface area contributed by atoms with Gasteiger partial charge in [-0.05, 0) is 17.2 Å². The van der Waals surface area contributed by atoms with Gasteiger partial charge in [-0.15, -0.1) is 0 Å². The third kappa shape index (κ3) is 3.11. The molecule has 0 fully saturated rings. The number of hydrogen-bond donors (Lipinski definition) is 0. The van der Waals surface area contributed by atoms with Crippen molar-refractivity contribution in [2.75, 3.05) is 0 Å². The summed E-state index contributed by atoms with van der Waals surface area (Å²) >= 11 is 13.1. The van der Waals surface area contributed by atoms with Crippen LogP contribution in [0, 0.1) is 0 Å². The fourth-order valence-corrected chi connectivity index (χ4v) is 3.96. The van der Waals surface area contributed by atoms with E-state index in [1.54, 1.807) is 36.4 Å². The van der Waals surface area contributed by atoms with Crippen LogP contribution in [0.2, 0.25) is 5.02 Å². The normalized spacial score (nSPS) is 14.6. The maximum absolute atomic E-state index is 13.2. The fourth-order valence-electron chi connectivity index (χ4n) is 3.34. The van der Waals surface area contributed by atoms with Crippen LogP contribution in [-0.4, -0.2) is 11.6 Å². The van der Waals surface area contributed by atoms with Gasteiger partial charge in [-0.3, -0.25) is 9.59 Å². The number of carbonyl (C=O) groups excluding carboxylic acids is 2. The molecular weight excluding hydrogens is 391 g/mol. The maximum atomic E-state index is 13.2. The second kappa shape index (κ2) is 7.59. The number of allylic oxidation sites excluding steroid dienone is 4. The van der Waals surface area contributed by atoms with E-state index in [0.717, 1.165) is 5.56 Å². The summed E-state index contributed by atoms with van der Waals surface area (Å²) in [6.07, 6.45) is 0. The second-order valence-corrected chi connectivity index (χ2v) is 7.09. The summed E-state index contributed by atoms with van der Waals surface area (Å²) in [5.74, 6) is -1.25. The largest absolute Gasteiger partial charge is 0.285 e. The quantitative estimate of drug-likeness (QED) is 0.393. The number of rotatable bonds is 3. The van der Waals surface area contributed by atoms with E-state index in [2.05, 4.69) is 0 Å². The van der Waals surface area contributed by atoms with Crippen LogP contribution >= 0.6 is 23.2 Å². The van der Waals surface area contributed by atoms with Crippen LogP contribution in [0.3, 0.4) is 0 Å². The van der Waals surface area contributed by atoms with Crippen LogP contribution in [0.25, 0.3) is 16.7 Å². The number of benzene rings is 3. The van der Waals surface area contributed by atoms with E-state index < -0.39 is 11.6 Å². The first kappa shape index (κ1) is 18.4. The molecule has 0 N–H and O–H groups in total. The highest BCUT2D eigenvalue weighted by atomic mass is 35.5. The van der Waals surface area contributed by atoms with Crippen LogP contribution in [0.5, 0.6) is 0 Å². The van der Waals surface area contributed by atoms with Crippen molar-refractivity contribution in [3.63, 3.8) is 0 Å². The fraction of sp³-hybridized carbons (Fsp3) is 0. The molecule has 0 atom stereocenters. The van der Waals surface area contributed by atoms with Gasteiger partial charge in [0.15, 0.2) is 0 Å². The number of Topliss-reactive ketones (excluding diaryl/α,β-unsaturated/α-hetero) is 2. The van der Waals surface area contributed by atoms with Crippen LogP contribution in [0.15, 0.2) is 90.0 Å². The van der Waals surface area contributed by atoms with E-state index in [1.807, 2.05) is 48.5 Å². The van der Waals surface area contributed by atoms with Crippen molar-refractivity contribution in [1.82, 2.24) is 0 Å². The standard InChI is InChI=1S/C24H14Cl2O2/c25-18-14-8-7-13-17(18)21-22(26)19(15-9-3-1-4-10-15)20(23(27)24(21)28)16-11-5-2-6-12-16/h1-14H. The Kier molecular flexibility index (Phi) is 4.99. The van der Waals surface area contributed by atoms with Crippen LogP contribution in [0.4, 0.5) is 0 Å². The molecule has 3 aromatic carbocycles. The van der Waals surface area contributed by atoms with Crippen molar-refractivity contribution in [3.8, 4) is 0 Å². The summed E-state index contributed by atoms with van der Waals surface area (Å²) in [7, 11) is 0. The van der Waals surface area contributed by atoms with Gasteiger partial charge >= 0.3 is 0 Å². The average Bonchev–Trinajstić information content (AvgIpc) is 2.73. The highest BCUT2D eigenvalue weighted by Gasteiger charge is 2.36. The number of ketones is 2. The van der Waals surface area contributed by atoms with Gasteiger partial charge in [0.1, 0.15) is 0 Å². The van der Waals surface area contributed by atoms with E-state index in [0.29, 0.717) is 27.3 Å². The topological polar surface area (TPSA) is 34.1 Å². The molecule has 4 heteroatoms. The van der Waals surface area contributed by atoms with Gasteiger partial charge in [0, 0.05) is 21.7 Å². The monoisotopic (exact) mass is 404 g/mol. The minimum Gasteiger partial charge on any atom is -0.285 e. The first-order valence-corrected chi connectivity index (χ1v) is 9.44. The second-order valence-electron chi connectivity index (χ2n) is 6.31. The Labute approximate surface area is 172 Å². The molecule has 4 rings (SSSR count). The Morgan fingerprint density at radius 3 is 1.54 bits per heavy atom. The van der Waals surface area contributed by atoms with Gasteiger partial charge in [0.05, 0.1) is 10.6 Å². The highest BCUT2D eigenvalue weighted by molar-refractivity contribution is 6.73. The molecule has 0 aliphatic heterocycles. The summed E-state index contributed by atoms with van der Waals surface area (Å²) in [6, 6.07) is 25.3. The molecular formula is C24H14Cl2O2. The number of halogens is 2. The lowest BCUT2D eigenvalue weighted by Gasteiger charge is -2.23. The minimum atomic E-state index is -0.656. The molecule has 0 radical (unpaired) electrons. The summed E-state index contributed by atoms with van der Waals surface area (Å²) in [5, 5.41) is 0.593. The smallest absolute Gasteiger partial charge is 0.235 e. The third-order valence-corrected chi connectivity index (χ3v) is 5.33. The Bertz CT molecular complexity index is 1140. The van der Waals surface area contributed by atoms with E-state index >= 15 is 0 Å². The molecule has 136 valence electrons. The molecule has 1 aliphatic rings. The van der Waals surface area contributed by atoms with Crippen LogP contribution in [-0.2, 0) is 9.59 Å². The lowest BCUT2D eigenvalue weighted by Crippen LogP contribution is -2.23. The zero-order chi connectivity index (χ0) is 19.7. The summed E-state index contributed by atoms with van der Waals surface area (Å²) in [4.78, 5) is 26.3. The first-order chi connectivity index (χ1) is 13.6. The average molecular weight is 405 g/mol. The van der Waals surface area contributed by atoms with E-state index in [1.165, 1.54) is 0 Å². The van der Waals surface area contributed by atoms with Crippen molar-refractivity contribution in [2.24, 2.45) is 0 Å². The molecule has 0 spiro atoms. The Morgan fingerprint density at radius 1 is 0.500 bits per heavy atom. The van der Waals surface area contributed by atoms with E-state index in [4.69, 9.17) is 23.2 Å². The predicted octanol–water partition coefficient (Wildman–Crippen LogP) is 6.05. The van der Waals surface area contributed by atoms with E-state index in [9.17, 15) is 9.59 Å². The van der Waals surface area contributed by atoms with Crippen molar-refractivity contribution in [2.45, 2.75) is 0 Å². The molecule has 0 aromatic heterocycles. The van der Waals surface area contributed by atoms with Gasteiger partial charge in [-0.2, -0.15) is 0 Å². The Hall–Kier alpha value is -2.94. The lowest BCUT2D eigenvalue weighted by molar-refractivity contribution is -0.129. The number of hydrogen-bond acceptors (Lipinski definition) is 2. The molecule has 1 aliphatic carbocycles. The molecule has 0 heterocycles. The van der Waals surface area contributed by atoms with Gasteiger partial charge in [0.25, 0.3) is 0 Å². The highest BCUT2D eigenvalue weighted by Crippen LogP contribution is 2.44. The predicted molar refractivity (Wildman–Crippen MR) is 114 cm³/mol. The molecule has 0 saturated heterocycles. The van der Waals surface area contributed by atoms with Crippen molar-refractivity contribution < 1.29 is 9.59 Å². The zero-order valence-electron chi connectivity index (χ0n) is 14.7. The summed E-state index contributed by atoms with van der Waals surface area (Å²) in [5.41, 5.74) is 2.84. The van der Waals surface area contributed by atoms with Crippen LogP contribution in [0.1, 0.15) is 16.7 Å². The summed E-state index contributed by atoms with van der Waals surface area (Å²) < 4.78 is 0. The van der Waals surface area contributed by atoms with Crippen LogP contribution < -0.4 is 0 Å². The molecule has 3 aromatic rings. The Balaban J connectivity index is 2.09. The zero-order valence-corrected chi connectivity index (χ0v) is 16.2.